The zero-order valence-electron chi connectivity index (χ0n) is 12.3. The van der Waals surface area contributed by atoms with Crippen LogP contribution in [0.15, 0.2) is 72.8 Å². The highest BCUT2D eigenvalue weighted by Gasteiger charge is 2.10. The molecule has 0 spiro atoms. The molecule has 3 heteroatoms. The molecule has 3 rings (SSSR count). The summed E-state index contributed by atoms with van der Waals surface area (Å²) < 4.78 is 26.1. The van der Waals surface area contributed by atoms with E-state index in [1.54, 1.807) is 12.1 Å². The van der Waals surface area contributed by atoms with Gasteiger partial charge in [0.2, 0.25) is 0 Å². The molecule has 0 radical (unpaired) electrons. The van der Waals surface area contributed by atoms with E-state index in [2.05, 4.69) is 0 Å². The Bertz CT molecular complexity index is 824. The van der Waals surface area contributed by atoms with Gasteiger partial charge in [-0.25, -0.2) is 8.78 Å². The largest absolute Gasteiger partial charge is 0.294 e. The lowest BCUT2D eigenvalue weighted by molar-refractivity contribution is 0.0993. The Labute approximate surface area is 133 Å². The zero-order chi connectivity index (χ0) is 16.2. The van der Waals surface area contributed by atoms with Gasteiger partial charge >= 0.3 is 0 Å². The average molecular weight is 308 g/mol. The number of carbonyl (C=O) groups excluding carboxylic acids is 1. The average Bonchev–Trinajstić information content (AvgIpc) is 2.59. The summed E-state index contributed by atoms with van der Waals surface area (Å²) in [6.45, 7) is 0. The van der Waals surface area contributed by atoms with Crippen molar-refractivity contribution in [3.63, 3.8) is 0 Å². The minimum absolute atomic E-state index is 0.0435. The fourth-order valence-corrected chi connectivity index (χ4v) is 2.42. The molecule has 0 atom stereocenters. The Hall–Kier alpha value is -2.81. The van der Waals surface area contributed by atoms with E-state index in [4.69, 9.17) is 0 Å². The van der Waals surface area contributed by atoms with Crippen LogP contribution in [-0.4, -0.2) is 5.78 Å². The number of hydrogen-bond acceptors (Lipinski definition) is 1. The van der Waals surface area contributed by atoms with Gasteiger partial charge in [-0.15, -0.1) is 0 Å². The van der Waals surface area contributed by atoms with E-state index < -0.39 is 11.6 Å². The summed E-state index contributed by atoms with van der Waals surface area (Å²) in [6, 6.07) is 20.7. The number of halogens is 2. The summed E-state index contributed by atoms with van der Waals surface area (Å²) in [5.74, 6) is -1.97. The molecule has 0 aliphatic heterocycles. The highest BCUT2D eigenvalue weighted by Crippen LogP contribution is 2.20. The topological polar surface area (TPSA) is 17.1 Å². The summed E-state index contributed by atoms with van der Waals surface area (Å²) in [5.41, 5.74) is 3.11. The first kappa shape index (κ1) is 15.1. The molecule has 0 fully saturated rings. The summed E-state index contributed by atoms with van der Waals surface area (Å²) >= 11 is 0. The lowest BCUT2D eigenvalue weighted by atomic mass is 9.99. The van der Waals surface area contributed by atoms with Crippen molar-refractivity contribution in [1.82, 2.24) is 0 Å². The van der Waals surface area contributed by atoms with Crippen LogP contribution >= 0.6 is 0 Å². The maximum Gasteiger partial charge on any atom is 0.167 e. The van der Waals surface area contributed by atoms with Crippen molar-refractivity contribution < 1.29 is 13.6 Å². The number of benzene rings is 3. The first-order valence-corrected chi connectivity index (χ1v) is 7.26. The molecule has 0 unspecified atom stereocenters. The van der Waals surface area contributed by atoms with Crippen LogP contribution in [0.5, 0.6) is 0 Å². The number of rotatable bonds is 4. The quantitative estimate of drug-likeness (QED) is 0.616. The third kappa shape index (κ3) is 3.51. The number of ketones is 1. The van der Waals surface area contributed by atoms with Gasteiger partial charge in [0, 0.05) is 12.0 Å². The molecule has 0 aliphatic rings. The van der Waals surface area contributed by atoms with Gasteiger partial charge in [0.05, 0.1) is 0 Å². The zero-order valence-corrected chi connectivity index (χ0v) is 12.3. The van der Waals surface area contributed by atoms with Crippen LogP contribution in [0.2, 0.25) is 0 Å². The van der Waals surface area contributed by atoms with Crippen LogP contribution < -0.4 is 0 Å². The maximum absolute atomic E-state index is 13.2. The summed E-state index contributed by atoms with van der Waals surface area (Å²) in [4.78, 5) is 12.2. The van der Waals surface area contributed by atoms with Crippen LogP contribution in [-0.2, 0) is 6.42 Å². The fourth-order valence-electron chi connectivity index (χ4n) is 2.42. The highest BCUT2D eigenvalue weighted by atomic mass is 19.2. The van der Waals surface area contributed by atoms with Gasteiger partial charge in [-0.1, -0.05) is 60.7 Å². The Balaban J connectivity index is 1.76. The molecule has 0 saturated heterocycles. The third-order valence-corrected chi connectivity index (χ3v) is 3.66. The van der Waals surface area contributed by atoms with Crippen molar-refractivity contribution in [2.75, 3.05) is 0 Å². The van der Waals surface area contributed by atoms with Crippen LogP contribution in [0, 0.1) is 11.6 Å². The van der Waals surface area contributed by atoms with Gasteiger partial charge in [-0.3, -0.25) is 4.79 Å². The first-order chi connectivity index (χ1) is 11.1. The van der Waals surface area contributed by atoms with Crippen LogP contribution in [0.4, 0.5) is 8.78 Å². The van der Waals surface area contributed by atoms with E-state index in [9.17, 15) is 13.6 Å². The van der Waals surface area contributed by atoms with Gasteiger partial charge < -0.3 is 0 Å². The molecule has 3 aromatic carbocycles. The SMILES string of the molecule is O=C(Cc1ccc(F)c(F)c1)c1ccc(-c2ccccc2)cc1. The minimum atomic E-state index is -0.935. The van der Waals surface area contributed by atoms with Gasteiger partial charge in [0.1, 0.15) is 0 Å². The molecule has 0 heterocycles. The second kappa shape index (κ2) is 6.53. The molecule has 0 saturated carbocycles. The Morgan fingerprint density at radius 3 is 2.04 bits per heavy atom. The van der Waals surface area contributed by atoms with Crippen molar-refractivity contribution in [1.29, 1.82) is 0 Å². The van der Waals surface area contributed by atoms with E-state index >= 15 is 0 Å². The molecule has 0 amide bonds. The standard InChI is InChI=1S/C20H14F2O/c21-18-11-6-14(12-19(18)22)13-20(23)17-9-7-16(8-10-17)15-4-2-1-3-5-15/h1-12H,13H2. The summed E-state index contributed by atoms with van der Waals surface area (Å²) in [6.07, 6.45) is 0.0435. The Morgan fingerprint density at radius 1 is 0.739 bits per heavy atom. The molecule has 1 nitrogen and oxygen atoms in total. The van der Waals surface area contributed by atoms with Crippen LogP contribution in [0.1, 0.15) is 15.9 Å². The Morgan fingerprint density at radius 2 is 1.39 bits per heavy atom. The number of carbonyl (C=O) groups is 1. The van der Waals surface area contributed by atoms with Gasteiger partial charge in [-0.05, 0) is 28.8 Å². The fraction of sp³-hybridized carbons (Fsp3) is 0.0500. The van der Waals surface area contributed by atoms with E-state index in [1.807, 2.05) is 42.5 Å². The van der Waals surface area contributed by atoms with Crippen LogP contribution in [0.3, 0.4) is 0 Å². The summed E-state index contributed by atoms with van der Waals surface area (Å²) in [5, 5.41) is 0. The molecule has 114 valence electrons. The smallest absolute Gasteiger partial charge is 0.167 e. The molecule has 0 aromatic heterocycles. The van der Waals surface area contributed by atoms with Crippen molar-refractivity contribution in [2.24, 2.45) is 0 Å². The van der Waals surface area contributed by atoms with Crippen molar-refractivity contribution in [3.05, 3.63) is 95.6 Å². The lowest BCUT2D eigenvalue weighted by Crippen LogP contribution is -2.04. The Kier molecular flexibility index (Phi) is 4.29. The molecular formula is C20H14F2O. The van der Waals surface area contributed by atoms with E-state index in [0.29, 0.717) is 11.1 Å². The van der Waals surface area contributed by atoms with Crippen molar-refractivity contribution in [3.8, 4) is 11.1 Å². The molecular weight excluding hydrogens is 294 g/mol. The number of Topliss-reactive ketones (excluding diaryl/α,β-unsaturated/α-hetero) is 1. The lowest BCUT2D eigenvalue weighted by Gasteiger charge is -2.05. The van der Waals surface area contributed by atoms with Crippen molar-refractivity contribution >= 4 is 5.78 Å². The molecule has 0 aliphatic carbocycles. The predicted molar refractivity (Wildman–Crippen MR) is 86.3 cm³/mol. The third-order valence-electron chi connectivity index (χ3n) is 3.66. The predicted octanol–water partition coefficient (Wildman–Crippen LogP) is 5.06. The van der Waals surface area contributed by atoms with E-state index in [1.165, 1.54) is 6.07 Å². The van der Waals surface area contributed by atoms with Gasteiger partial charge in [-0.2, -0.15) is 0 Å². The minimum Gasteiger partial charge on any atom is -0.294 e. The van der Waals surface area contributed by atoms with Crippen LogP contribution in [0.25, 0.3) is 11.1 Å². The number of hydrogen-bond donors (Lipinski definition) is 0. The second-order valence-corrected chi connectivity index (χ2v) is 5.29. The van der Waals surface area contributed by atoms with E-state index in [0.717, 1.165) is 23.3 Å². The summed E-state index contributed by atoms with van der Waals surface area (Å²) in [7, 11) is 0. The first-order valence-electron chi connectivity index (χ1n) is 7.26. The molecule has 0 N–H and O–H groups in total. The van der Waals surface area contributed by atoms with E-state index in [-0.39, 0.29) is 12.2 Å². The molecule has 3 aromatic rings. The maximum atomic E-state index is 13.2. The highest BCUT2D eigenvalue weighted by molar-refractivity contribution is 5.97. The normalized spacial score (nSPS) is 10.5. The van der Waals surface area contributed by atoms with Gasteiger partial charge in [0.15, 0.2) is 17.4 Å². The monoisotopic (exact) mass is 308 g/mol. The van der Waals surface area contributed by atoms with Gasteiger partial charge in [0.25, 0.3) is 0 Å². The molecule has 23 heavy (non-hydrogen) atoms. The second-order valence-electron chi connectivity index (χ2n) is 5.29. The molecule has 0 bridgehead atoms. The van der Waals surface area contributed by atoms with Crippen molar-refractivity contribution in [2.45, 2.75) is 6.42 Å².